The molecule has 0 aliphatic carbocycles. The first-order valence-corrected chi connectivity index (χ1v) is 10.00. The molecule has 0 aliphatic heterocycles. The van der Waals surface area contributed by atoms with Crippen LogP contribution in [0.4, 0.5) is 0 Å². The molecule has 5 nitrogen and oxygen atoms in total. The number of aromatic nitrogens is 2. The van der Waals surface area contributed by atoms with E-state index in [2.05, 4.69) is 33.0 Å². The van der Waals surface area contributed by atoms with E-state index < -0.39 is 0 Å². The van der Waals surface area contributed by atoms with E-state index in [0.717, 1.165) is 22.5 Å². The summed E-state index contributed by atoms with van der Waals surface area (Å²) in [6.45, 7) is 2.61. The maximum absolute atomic E-state index is 12.2. The first-order valence-electron chi connectivity index (χ1n) is 8.30. The maximum Gasteiger partial charge on any atom is 0.226 e. The van der Waals surface area contributed by atoms with Gasteiger partial charge in [-0.2, -0.15) is 0 Å². The number of carbonyl (C=O) groups is 1. The van der Waals surface area contributed by atoms with Gasteiger partial charge < -0.3 is 9.84 Å². The van der Waals surface area contributed by atoms with E-state index in [0.29, 0.717) is 17.8 Å². The van der Waals surface area contributed by atoms with Gasteiger partial charge in [-0.25, -0.2) is 4.98 Å². The molecule has 1 aromatic carbocycles. The minimum absolute atomic E-state index is 0.0454. The number of aryl methyl sites for hydroxylation is 1. The molecular formula is C19H17N3O2S2. The summed E-state index contributed by atoms with van der Waals surface area (Å²) in [5.41, 5.74) is 2.42. The van der Waals surface area contributed by atoms with Crippen LogP contribution in [0.3, 0.4) is 0 Å². The highest BCUT2D eigenvalue weighted by molar-refractivity contribution is 7.16. The molecule has 0 saturated heterocycles. The second kappa shape index (κ2) is 7.39. The number of hydrogen-bond donors (Lipinski definition) is 1. The molecule has 1 amide bonds. The molecule has 4 rings (SSSR count). The average molecular weight is 383 g/mol. The molecule has 0 unspecified atom stereocenters. The van der Waals surface area contributed by atoms with Crippen molar-refractivity contribution >= 4 is 39.5 Å². The highest BCUT2D eigenvalue weighted by Gasteiger charge is 2.12. The van der Waals surface area contributed by atoms with Gasteiger partial charge in [0.15, 0.2) is 5.58 Å². The standard InChI is InChI=1S/C19H17N3O2S2/c1-12-21-16(11-25-12)18-7-6-13(26-18)8-9-20-19(23)10-15-14-4-2-3-5-17(14)24-22-15/h2-7,11H,8-10H2,1H3,(H,20,23). The lowest BCUT2D eigenvalue weighted by molar-refractivity contribution is -0.120. The van der Waals surface area contributed by atoms with Crippen molar-refractivity contribution in [1.82, 2.24) is 15.5 Å². The Hall–Kier alpha value is -2.51. The molecule has 1 N–H and O–H groups in total. The van der Waals surface area contributed by atoms with Gasteiger partial charge in [0.1, 0.15) is 5.69 Å². The predicted octanol–water partition coefficient (Wildman–Crippen LogP) is 4.22. The number of thiophene rings is 1. The number of hydrogen-bond acceptors (Lipinski definition) is 6. The smallest absolute Gasteiger partial charge is 0.226 e. The highest BCUT2D eigenvalue weighted by Crippen LogP contribution is 2.29. The molecule has 4 aromatic rings. The molecule has 0 aliphatic rings. The lowest BCUT2D eigenvalue weighted by Crippen LogP contribution is -2.27. The van der Waals surface area contributed by atoms with Gasteiger partial charge in [0.25, 0.3) is 0 Å². The van der Waals surface area contributed by atoms with Crippen LogP contribution in [0.5, 0.6) is 0 Å². The molecule has 132 valence electrons. The van der Waals surface area contributed by atoms with E-state index in [4.69, 9.17) is 4.52 Å². The third kappa shape index (κ3) is 3.68. The van der Waals surface area contributed by atoms with Crippen LogP contribution in [0.15, 0.2) is 46.3 Å². The van der Waals surface area contributed by atoms with Crippen molar-refractivity contribution in [2.75, 3.05) is 6.54 Å². The molecule has 0 radical (unpaired) electrons. The number of para-hydroxylation sites is 1. The van der Waals surface area contributed by atoms with Crippen LogP contribution in [-0.4, -0.2) is 22.6 Å². The van der Waals surface area contributed by atoms with Crippen molar-refractivity contribution < 1.29 is 9.32 Å². The first-order chi connectivity index (χ1) is 12.7. The maximum atomic E-state index is 12.2. The minimum Gasteiger partial charge on any atom is -0.356 e. The Kier molecular flexibility index (Phi) is 4.81. The van der Waals surface area contributed by atoms with E-state index in [1.807, 2.05) is 31.2 Å². The highest BCUT2D eigenvalue weighted by atomic mass is 32.1. The van der Waals surface area contributed by atoms with Crippen LogP contribution in [0.2, 0.25) is 0 Å². The number of amides is 1. The largest absolute Gasteiger partial charge is 0.356 e. The molecule has 3 aromatic heterocycles. The fraction of sp³-hybridized carbons (Fsp3) is 0.211. The Labute approximate surface area is 158 Å². The lowest BCUT2D eigenvalue weighted by atomic mass is 10.1. The van der Waals surface area contributed by atoms with Gasteiger partial charge in [-0.1, -0.05) is 17.3 Å². The summed E-state index contributed by atoms with van der Waals surface area (Å²) < 4.78 is 5.24. The van der Waals surface area contributed by atoms with Crippen molar-refractivity contribution in [3.8, 4) is 10.6 Å². The fourth-order valence-electron chi connectivity index (χ4n) is 2.73. The number of nitrogens with zero attached hydrogens (tertiary/aromatic N) is 2. The van der Waals surface area contributed by atoms with Crippen molar-refractivity contribution in [3.05, 3.63) is 57.4 Å². The number of thiazole rings is 1. The number of carbonyl (C=O) groups excluding carboxylic acids is 1. The Bertz CT molecular complexity index is 1050. The Morgan fingerprint density at radius 3 is 2.96 bits per heavy atom. The van der Waals surface area contributed by atoms with Crippen LogP contribution >= 0.6 is 22.7 Å². The van der Waals surface area contributed by atoms with E-state index in [1.165, 1.54) is 9.75 Å². The summed E-state index contributed by atoms with van der Waals surface area (Å²) >= 11 is 3.38. The third-order valence-corrected chi connectivity index (χ3v) is 5.95. The Morgan fingerprint density at radius 1 is 1.23 bits per heavy atom. The second-order valence-corrected chi connectivity index (χ2v) is 8.15. The summed E-state index contributed by atoms with van der Waals surface area (Å²) in [5.74, 6) is -0.0454. The summed E-state index contributed by atoms with van der Waals surface area (Å²) in [6, 6.07) is 11.8. The number of nitrogens with one attached hydrogen (secondary N) is 1. The molecule has 0 fully saturated rings. The summed E-state index contributed by atoms with van der Waals surface area (Å²) in [7, 11) is 0. The van der Waals surface area contributed by atoms with E-state index in [1.54, 1.807) is 22.7 Å². The number of rotatable bonds is 6. The van der Waals surface area contributed by atoms with Crippen LogP contribution in [0.1, 0.15) is 15.6 Å². The van der Waals surface area contributed by atoms with Gasteiger partial charge >= 0.3 is 0 Å². The normalized spacial score (nSPS) is 11.1. The molecule has 0 spiro atoms. The average Bonchev–Trinajstić information content (AvgIpc) is 3.36. The monoisotopic (exact) mass is 383 g/mol. The molecular weight excluding hydrogens is 366 g/mol. The third-order valence-electron chi connectivity index (χ3n) is 4.01. The predicted molar refractivity (Wildman–Crippen MR) is 105 cm³/mol. The molecule has 3 heterocycles. The quantitative estimate of drug-likeness (QED) is 0.541. The van der Waals surface area contributed by atoms with Gasteiger partial charge in [0, 0.05) is 22.2 Å². The zero-order valence-electron chi connectivity index (χ0n) is 14.2. The van der Waals surface area contributed by atoms with Gasteiger partial charge in [-0.05, 0) is 37.6 Å². The second-order valence-electron chi connectivity index (χ2n) is 5.92. The van der Waals surface area contributed by atoms with Crippen molar-refractivity contribution in [1.29, 1.82) is 0 Å². The SMILES string of the molecule is Cc1nc(-c2ccc(CCNC(=O)Cc3noc4ccccc34)s2)cs1. The van der Waals surface area contributed by atoms with Gasteiger partial charge in [0.05, 0.1) is 22.0 Å². The van der Waals surface area contributed by atoms with Crippen LogP contribution in [0.25, 0.3) is 21.5 Å². The van der Waals surface area contributed by atoms with Crippen LogP contribution in [0, 0.1) is 6.92 Å². The van der Waals surface area contributed by atoms with E-state index in [-0.39, 0.29) is 12.3 Å². The summed E-state index contributed by atoms with van der Waals surface area (Å²) in [4.78, 5) is 19.1. The number of fused-ring (bicyclic) bond motifs is 1. The zero-order chi connectivity index (χ0) is 17.9. The lowest BCUT2D eigenvalue weighted by Gasteiger charge is -2.02. The van der Waals surface area contributed by atoms with Crippen LogP contribution in [-0.2, 0) is 17.6 Å². The first kappa shape index (κ1) is 16.9. The van der Waals surface area contributed by atoms with Crippen molar-refractivity contribution in [2.24, 2.45) is 0 Å². The van der Waals surface area contributed by atoms with Crippen molar-refractivity contribution in [2.45, 2.75) is 19.8 Å². The molecule has 7 heteroatoms. The zero-order valence-corrected chi connectivity index (χ0v) is 15.8. The van der Waals surface area contributed by atoms with E-state index >= 15 is 0 Å². The molecule has 0 bridgehead atoms. The number of benzene rings is 1. The Balaban J connectivity index is 1.30. The molecule has 0 atom stereocenters. The van der Waals surface area contributed by atoms with Crippen molar-refractivity contribution in [3.63, 3.8) is 0 Å². The van der Waals surface area contributed by atoms with Crippen LogP contribution < -0.4 is 5.32 Å². The fourth-order valence-corrected chi connectivity index (χ4v) is 4.39. The summed E-state index contributed by atoms with van der Waals surface area (Å²) in [6.07, 6.45) is 1.03. The minimum atomic E-state index is -0.0454. The summed E-state index contributed by atoms with van der Waals surface area (Å²) in [5, 5.41) is 11.0. The molecule has 26 heavy (non-hydrogen) atoms. The topological polar surface area (TPSA) is 68.0 Å². The van der Waals surface area contributed by atoms with Gasteiger partial charge in [0.2, 0.25) is 5.91 Å². The Morgan fingerprint density at radius 2 is 2.12 bits per heavy atom. The van der Waals surface area contributed by atoms with E-state index in [9.17, 15) is 4.79 Å². The van der Waals surface area contributed by atoms with Gasteiger partial charge in [-0.3, -0.25) is 4.79 Å². The molecule has 0 saturated carbocycles. The van der Waals surface area contributed by atoms with Gasteiger partial charge in [-0.15, -0.1) is 22.7 Å².